The molecule has 2 rings (SSSR count). The molecule has 0 heterocycles. The molecule has 0 saturated carbocycles. The van der Waals surface area contributed by atoms with E-state index < -0.39 is 10.0 Å². The molecule has 2 aromatic rings. The van der Waals surface area contributed by atoms with Crippen LogP contribution in [0.5, 0.6) is 11.5 Å². The van der Waals surface area contributed by atoms with Crippen molar-refractivity contribution in [1.82, 2.24) is 4.72 Å². The summed E-state index contributed by atoms with van der Waals surface area (Å²) in [6.45, 7) is 2.30. The van der Waals surface area contributed by atoms with Crippen molar-refractivity contribution in [2.45, 2.75) is 31.1 Å². The molecule has 0 aliphatic heterocycles. The number of hydrogen-bond acceptors (Lipinski definition) is 5. The van der Waals surface area contributed by atoms with Gasteiger partial charge in [0.2, 0.25) is 15.9 Å². The van der Waals surface area contributed by atoms with Crippen LogP contribution in [0.1, 0.15) is 25.3 Å². The van der Waals surface area contributed by atoms with Crippen LogP contribution in [0.15, 0.2) is 47.4 Å². The van der Waals surface area contributed by atoms with E-state index in [0.29, 0.717) is 30.2 Å². The van der Waals surface area contributed by atoms with Crippen LogP contribution < -0.4 is 19.5 Å². The first-order valence-corrected chi connectivity index (χ1v) is 10.5. The second-order valence-corrected chi connectivity index (χ2v) is 7.93. The lowest BCUT2D eigenvalue weighted by Gasteiger charge is -2.11. The summed E-state index contributed by atoms with van der Waals surface area (Å²) >= 11 is 0. The first-order chi connectivity index (χ1) is 13.4. The minimum absolute atomic E-state index is 0.145. The van der Waals surface area contributed by atoms with Gasteiger partial charge in [0, 0.05) is 24.7 Å². The van der Waals surface area contributed by atoms with E-state index in [1.807, 2.05) is 6.92 Å². The summed E-state index contributed by atoms with van der Waals surface area (Å²) in [5.41, 5.74) is 1.50. The normalized spacial score (nSPS) is 11.1. The summed E-state index contributed by atoms with van der Waals surface area (Å²) in [4.78, 5) is 12.4. The molecular weight excluding hydrogens is 380 g/mol. The number of rotatable bonds is 10. The van der Waals surface area contributed by atoms with Gasteiger partial charge in [-0.05, 0) is 42.7 Å². The van der Waals surface area contributed by atoms with Crippen molar-refractivity contribution in [1.29, 1.82) is 0 Å². The Hall–Kier alpha value is -2.58. The summed E-state index contributed by atoms with van der Waals surface area (Å²) in [6, 6.07) is 11.7. The molecule has 2 aromatic carbocycles. The lowest BCUT2D eigenvalue weighted by atomic mass is 10.1. The number of anilines is 1. The SMILES string of the molecule is CCCNS(=O)(=O)c1ccc(CCC(=O)Nc2ccc(OC)c(OC)c2)cc1. The van der Waals surface area contributed by atoms with E-state index in [-0.39, 0.29) is 17.2 Å². The van der Waals surface area contributed by atoms with Crippen LogP contribution in [0.25, 0.3) is 0 Å². The Morgan fingerprint density at radius 3 is 2.29 bits per heavy atom. The predicted octanol–water partition coefficient (Wildman–Crippen LogP) is 2.96. The minimum atomic E-state index is -3.47. The maximum Gasteiger partial charge on any atom is 0.240 e. The summed E-state index contributed by atoms with van der Waals surface area (Å²) in [5, 5.41) is 2.82. The van der Waals surface area contributed by atoms with Gasteiger partial charge < -0.3 is 14.8 Å². The van der Waals surface area contributed by atoms with Crippen LogP contribution in [-0.4, -0.2) is 35.1 Å². The monoisotopic (exact) mass is 406 g/mol. The molecule has 0 atom stereocenters. The molecule has 0 unspecified atom stereocenters. The zero-order valence-corrected chi connectivity index (χ0v) is 17.1. The van der Waals surface area contributed by atoms with E-state index in [0.717, 1.165) is 12.0 Å². The van der Waals surface area contributed by atoms with E-state index in [4.69, 9.17) is 9.47 Å². The molecule has 152 valence electrons. The molecule has 0 saturated heterocycles. The third kappa shape index (κ3) is 5.97. The maximum absolute atomic E-state index is 12.2. The van der Waals surface area contributed by atoms with Crippen LogP contribution in [0, 0.1) is 0 Å². The zero-order chi connectivity index (χ0) is 20.6. The number of amides is 1. The fourth-order valence-electron chi connectivity index (χ4n) is 2.55. The number of carbonyl (C=O) groups excluding carboxylic acids is 1. The maximum atomic E-state index is 12.2. The van der Waals surface area contributed by atoms with Crippen molar-refractivity contribution >= 4 is 21.6 Å². The minimum Gasteiger partial charge on any atom is -0.493 e. The largest absolute Gasteiger partial charge is 0.493 e. The van der Waals surface area contributed by atoms with Crippen LogP contribution in [0.4, 0.5) is 5.69 Å². The van der Waals surface area contributed by atoms with Gasteiger partial charge in [-0.2, -0.15) is 0 Å². The zero-order valence-electron chi connectivity index (χ0n) is 16.3. The fraction of sp³-hybridized carbons (Fsp3) is 0.350. The molecule has 28 heavy (non-hydrogen) atoms. The Bertz CT molecular complexity index is 895. The first kappa shape index (κ1) is 21.7. The van der Waals surface area contributed by atoms with Gasteiger partial charge in [0.1, 0.15) is 0 Å². The molecule has 0 aliphatic carbocycles. The molecule has 0 bridgehead atoms. The average Bonchev–Trinajstić information content (AvgIpc) is 2.71. The molecule has 1 amide bonds. The number of carbonyl (C=O) groups is 1. The summed E-state index contributed by atoms with van der Waals surface area (Å²) in [7, 11) is -0.394. The van der Waals surface area contributed by atoms with Gasteiger partial charge in [-0.25, -0.2) is 13.1 Å². The Balaban J connectivity index is 1.92. The molecule has 0 aliphatic rings. The Morgan fingerprint density at radius 1 is 1.00 bits per heavy atom. The molecule has 0 radical (unpaired) electrons. The molecule has 7 nitrogen and oxygen atoms in total. The van der Waals surface area contributed by atoms with Crippen molar-refractivity contribution in [2.75, 3.05) is 26.1 Å². The van der Waals surface area contributed by atoms with Crippen LogP contribution in [-0.2, 0) is 21.2 Å². The van der Waals surface area contributed by atoms with E-state index in [2.05, 4.69) is 10.0 Å². The van der Waals surface area contributed by atoms with E-state index in [9.17, 15) is 13.2 Å². The molecule has 8 heteroatoms. The van der Waals surface area contributed by atoms with Crippen molar-refractivity contribution < 1.29 is 22.7 Å². The lowest BCUT2D eigenvalue weighted by molar-refractivity contribution is -0.116. The van der Waals surface area contributed by atoms with Crippen molar-refractivity contribution in [3.05, 3.63) is 48.0 Å². The molecule has 2 N–H and O–H groups in total. The summed E-state index contributed by atoms with van der Waals surface area (Å²) < 4.78 is 37.1. The van der Waals surface area contributed by atoms with Gasteiger partial charge >= 0.3 is 0 Å². The molecule has 0 spiro atoms. The number of ether oxygens (including phenoxy) is 2. The van der Waals surface area contributed by atoms with Crippen molar-refractivity contribution in [2.24, 2.45) is 0 Å². The fourth-order valence-corrected chi connectivity index (χ4v) is 3.68. The highest BCUT2D eigenvalue weighted by Gasteiger charge is 2.13. The number of hydrogen-bond donors (Lipinski definition) is 2. The van der Waals surface area contributed by atoms with E-state index >= 15 is 0 Å². The van der Waals surface area contributed by atoms with E-state index in [1.54, 1.807) is 49.6 Å². The summed E-state index contributed by atoms with van der Waals surface area (Å²) in [6.07, 6.45) is 1.50. The number of benzene rings is 2. The number of sulfonamides is 1. The van der Waals surface area contributed by atoms with Crippen molar-refractivity contribution in [3.8, 4) is 11.5 Å². The number of methoxy groups -OCH3 is 2. The predicted molar refractivity (Wildman–Crippen MR) is 108 cm³/mol. The highest BCUT2D eigenvalue weighted by molar-refractivity contribution is 7.89. The van der Waals surface area contributed by atoms with Gasteiger partial charge in [-0.1, -0.05) is 19.1 Å². The highest BCUT2D eigenvalue weighted by Crippen LogP contribution is 2.29. The molecule has 0 fully saturated rings. The van der Waals surface area contributed by atoms with Crippen LogP contribution in [0.2, 0.25) is 0 Å². The average molecular weight is 407 g/mol. The Labute approximate surface area is 166 Å². The molecule has 0 aromatic heterocycles. The van der Waals surface area contributed by atoms with Crippen molar-refractivity contribution in [3.63, 3.8) is 0 Å². The van der Waals surface area contributed by atoms with Gasteiger partial charge in [-0.3, -0.25) is 4.79 Å². The Morgan fingerprint density at radius 2 is 1.68 bits per heavy atom. The lowest BCUT2D eigenvalue weighted by Crippen LogP contribution is -2.24. The Kier molecular flexibility index (Phi) is 7.83. The quantitative estimate of drug-likeness (QED) is 0.633. The second-order valence-electron chi connectivity index (χ2n) is 6.16. The smallest absolute Gasteiger partial charge is 0.240 e. The van der Waals surface area contributed by atoms with Gasteiger partial charge in [0.05, 0.1) is 19.1 Å². The number of nitrogens with one attached hydrogen (secondary N) is 2. The first-order valence-electron chi connectivity index (χ1n) is 9.00. The molecular formula is C20H26N2O5S. The second kappa shape index (κ2) is 10.1. The summed E-state index contributed by atoms with van der Waals surface area (Å²) in [5.74, 6) is 0.978. The van der Waals surface area contributed by atoms with Crippen LogP contribution in [0.3, 0.4) is 0 Å². The van der Waals surface area contributed by atoms with Crippen LogP contribution >= 0.6 is 0 Å². The van der Waals surface area contributed by atoms with Gasteiger partial charge in [0.15, 0.2) is 11.5 Å². The van der Waals surface area contributed by atoms with E-state index in [1.165, 1.54) is 7.11 Å². The third-order valence-corrected chi connectivity index (χ3v) is 5.56. The topological polar surface area (TPSA) is 93.7 Å². The standard InChI is InChI=1S/C20H26N2O5S/c1-4-13-21-28(24,25)17-9-5-15(6-10-17)7-12-20(23)22-16-8-11-18(26-2)19(14-16)27-3/h5-6,8-11,14,21H,4,7,12-13H2,1-3H3,(H,22,23). The highest BCUT2D eigenvalue weighted by atomic mass is 32.2. The van der Waals surface area contributed by atoms with Gasteiger partial charge in [0.25, 0.3) is 0 Å². The number of aryl methyl sites for hydroxylation is 1. The third-order valence-electron chi connectivity index (χ3n) is 4.08. The van der Waals surface area contributed by atoms with Gasteiger partial charge in [-0.15, -0.1) is 0 Å².